The summed E-state index contributed by atoms with van der Waals surface area (Å²) >= 11 is 1.70. The molecular weight excluding hydrogens is 222 g/mol. The first-order valence-electron chi connectivity index (χ1n) is 5.72. The van der Waals surface area contributed by atoms with Crippen molar-refractivity contribution in [2.45, 2.75) is 38.3 Å². The predicted molar refractivity (Wildman–Crippen MR) is 64.7 cm³/mol. The van der Waals surface area contributed by atoms with E-state index in [0.717, 1.165) is 25.8 Å². The zero-order valence-electron chi connectivity index (χ0n) is 9.43. The summed E-state index contributed by atoms with van der Waals surface area (Å²) in [6, 6.07) is 4.03. The Morgan fingerprint density at radius 1 is 1.62 bits per heavy atom. The van der Waals surface area contributed by atoms with Gasteiger partial charge in [-0.05, 0) is 37.8 Å². The highest BCUT2D eigenvalue weighted by molar-refractivity contribution is 7.10. The van der Waals surface area contributed by atoms with Gasteiger partial charge in [0.05, 0.1) is 0 Å². The Balaban J connectivity index is 2.14. The SMILES string of the molecule is C[C@H](c1cccs1)N1CCCC[C@H]1C(=O)O. The normalized spacial score (nSPS) is 24.2. The van der Waals surface area contributed by atoms with Crippen molar-refractivity contribution in [3.8, 4) is 0 Å². The van der Waals surface area contributed by atoms with Crippen molar-refractivity contribution in [3.05, 3.63) is 22.4 Å². The molecule has 0 spiro atoms. The van der Waals surface area contributed by atoms with Gasteiger partial charge in [0.25, 0.3) is 0 Å². The van der Waals surface area contributed by atoms with Crippen LogP contribution in [0.5, 0.6) is 0 Å². The minimum absolute atomic E-state index is 0.224. The largest absolute Gasteiger partial charge is 0.480 e. The van der Waals surface area contributed by atoms with Gasteiger partial charge < -0.3 is 5.11 Å². The van der Waals surface area contributed by atoms with Crippen LogP contribution in [0.3, 0.4) is 0 Å². The lowest BCUT2D eigenvalue weighted by molar-refractivity contribution is -0.145. The van der Waals surface area contributed by atoms with Gasteiger partial charge in [-0.25, -0.2) is 0 Å². The lowest BCUT2D eigenvalue weighted by Crippen LogP contribution is -2.45. The molecule has 4 heteroatoms. The van der Waals surface area contributed by atoms with Crippen LogP contribution in [-0.2, 0) is 4.79 Å². The van der Waals surface area contributed by atoms with Crippen molar-refractivity contribution in [1.29, 1.82) is 0 Å². The molecule has 1 saturated heterocycles. The Hall–Kier alpha value is -0.870. The van der Waals surface area contributed by atoms with Gasteiger partial charge in [0.15, 0.2) is 0 Å². The van der Waals surface area contributed by atoms with Crippen molar-refractivity contribution in [2.75, 3.05) is 6.54 Å². The molecule has 1 aliphatic heterocycles. The van der Waals surface area contributed by atoms with Gasteiger partial charge >= 0.3 is 5.97 Å². The molecule has 0 bridgehead atoms. The van der Waals surface area contributed by atoms with Gasteiger partial charge in [-0.1, -0.05) is 12.5 Å². The van der Waals surface area contributed by atoms with E-state index in [4.69, 9.17) is 0 Å². The number of nitrogens with zero attached hydrogens (tertiary/aromatic N) is 1. The third-order valence-corrected chi connectivity index (χ3v) is 4.32. The van der Waals surface area contributed by atoms with E-state index in [2.05, 4.69) is 17.9 Å². The smallest absolute Gasteiger partial charge is 0.320 e. The molecule has 2 atom stereocenters. The number of likely N-dealkylation sites (tertiary alicyclic amines) is 1. The second-order valence-corrected chi connectivity index (χ2v) is 5.26. The second kappa shape index (κ2) is 4.97. The van der Waals surface area contributed by atoms with Gasteiger partial charge in [-0.15, -0.1) is 11.3 Å². The number of carboxylic acids is 1. The van der Waals surface area contributed by atoms with Crippen LogP contribution in [-0.4, -0.2) is 28.6 Å². The first-order chi connectivity index (χ1) is 7.70. The first kappa shape index (κ1) is 11.6. The summed E-state index contributed by atoms with van der Waals surface area (Å²) in [4.78, 5) is 14.6. The highest BCUT2D eigenvalue weighted by Crippen LogP contribution is 2.30. The highest BCUT2D eigenvalue weighted by atomic mass is 32.1. The van der Waals surface area contributed by atoms with E-state index in [-0.39, 0.29) is 12.1 Å². The maximum absolute atomic E-state index is 11.2. The fraction of sp³-hybridized carbons (Fsp3) is 0.583. The van der Waals surface area contributed by atoms with Gasteiger partial charge in [0.1, 0.15) is 6.04 Å². The molecule has 88 valence electrons. The monoisotopic (exact) mass is 239 g/mol. The Morgan fingerprint density at radius 3 is 3.06 bits per heavy atom. The summed E-state index contributed by atoms with van der Waals surface area (Å²) in [6.07, 6.45) is 2.93. The van der Waals surface area contributed by atoms with Crippen molar-refractivity contribution in [1.82, 2.24) is 4.90 Å². The van der Waals surface area contributed by atoms with E-state index in [0.29, 0.717) is 0 Å². The molecule has 0 aromatic carbocycles. The van der Waals surface area contributed by atoms with Gasteiger partial charge in [0.2, 0.25) is 0 Å². The molecule has 2 heterocycles. The second-order valence-electron chi connectivity index (χ2n) is 4.28. The molecule has 0 unspecified atom stereocenters. The summed E-state index contributed by atoms with van der Waals surface area (Å²) in [6.45, 7) is 3.00. The maximum Gasteiger partial charge on any atom is 0.320 e. The lowest BCUT2D eigenvalue weighted by Gasteiger charge is -2.37. The Kier molecular flexibility index (Phi) is 3.61. The van der Waals surface area contributed by atoms with E-state index in [1.807, 2.05) is 11.4 Å². The van der Waals surface area contributed by atoms with Crippen molar-refractivity contribution >= 4 is 17.3 Å². The Labute approximate surface area is 99.7 Å². The average Bonchev–Trinajstić information content (AvgIpc) is 2.81. The molecule has 1 N–H and O–H groups in total. The summed E-state index contributed by atoms with van der Waals surface area (Å²) in [7, 11) is 0. The van der Waals surface area contributed by atoms with Crippen LogP contribution < -0.4 is 0 Å². The van der Waals surface area contributed by atoms with Gasteiger partial charge in [0, 0.05) is 10.9 Å². The molecule has 0 amide bonds. The van der Waals surface area contributed by atoms with E-state index in [1.54, 1.807) is 11.3 Å². The van der Waals surface area contributed by atoms with Crippen LogP contribution in [0.4, 0.5) is 0 Å². The summed E-state index contributed by atoms with van der Waals surface area (Å²) in [5.74, 6) is -0.678. The molecule has 1 aromatic rings. The highest BCUT2D eigenvalue weighted by Gasteiger charge is 2.32. The molecule has 0 aliphatic carbocycles. The zero-order chi connectivity index (χ0) is 11.5. The number of thiophene rings is 1. The molecule has 0 radical (unpaired) electrons. The van der Waals surface area contributed by atoms with Crippen LogP contribution in [0.2, 0.25) is 0 Å². The van der Waals surface area contributed by atoms with Crippen LogP contribution in [0.25, 0.3) is 0 Å². The molecule has 2 rings (SSSR count). The third kappa shape index (κ3) is 2.28. The molecule has 1 aromatic heterocycles. The maximum atomic E-state index is 11.2. The van der Waals surface area contributed by atoms with Crippen LogP contribution in [0.15, 0.2) is 17.5 Å². The number of rotatable bonds is 3. The first-order valence-corrected chi connectivity index (χ1v) is 6.60. The average molecular weight is 239 g/mol. The minimum Gasteiger partial charge on any atom is -0.480 e. The minimum atomic E-state index is -0.678. The quantitative estimate of drug-likeness (QED) is 0.881. The predicted octanol–water partition coefficient (Wildman–Crippen LogP) is 2.75. The molecule has 1 fully saturated rings. The van der Waals surface area contributed by atoms with E-state index in [9.17, 15) is 9.90 Å². The lowest BCUT2D eigenvalue weighted by atomic mass is 10.00. The Morgan fingerprint density at radius 2 is 2.44 bits per heavy atom. The van der Waals surface area contributed by atoms with Crippen LogP contribution >= 0.6 is 11.3 Å². The number of aliphatic carboxylic acids is 1. The summed E-state index contributed by atoms with van der Waals surface area (Å²) in [5.41, 5.74) is 0. The molecule has 3 nitrogen and oxygen atoms in total. The van der Waals surface area contributed by atoms with Gasteiger partial charge in [-0.2, -0.15) is 0 Å². The van der Waals surface area contributed by atoms with Crippen molar-refractivity contribution in [3.63, 3.8) is 0 Å². The van der Waals surface area contributed by atoms with Crippen molar-refractivity contribution in [2.24, 2.45) is 0 Å². The van der Waals surface area contributed by atoms with Gasteiger partial charge in [-0.3, -0.25) is 9.69 Å². The number of piperidine rings is 1. The number of carboxylic acid groups (broad SMARTS) is 1. The number of hydrogen-bond donors (Lipinski definition) is 1. The van der Waals surface area contributed by atoms with E-state index in [1.165, 1.54) is 4.88 Å². The standard InChI is InChI=1S/C12H17NO2S/c1-9(11-6-4-8-16-11)13-7-3-2-5-10(13)12(14)15/h4,6,8-10H,2-3,5,7H2,1H3,(H,14,15)/t9-,10+/m1/s1. The Bertz CT molecular complexity index is 350. The fourth-order valence-corrected chi connectivity index (χ4v) is 3.18. The topological polar surface area (TPSA) is 40.5 Å². The zero-order valence-corrected chi connectivity index (χ0v) is 10.2. The molecule has 0 saturated carbocycles. The number of carbonyl (C=O) groups is 1. The van der Waals surface area contributed by atoms with E-state index >= 15 is 0 Å². The van der Waals surface area contributed by atoms with Crippen LogP contribution in [0.1, 0.15) is 37.1 Å². The molecule has 16 heavy (non-hydrogen) atoms. The fourth-order valence-electron chi connectivity index (χ4n) is 2.38. The summed E-state index contributed by atoms with van der Waals surface area (Å²) in [5, 5.41) is 11.3. The van der Waals surface area contributed by atoms with E-state index < -0.39 is 5.97 Å². The molecule has 1 aliphatic rings. The van der Waals surface area contributed by atoms with Crippen molar-refractivity contribution < 1.29 is 9.90 Å². The molecular formula is C12H17NO2S. The van der Waals surface area contributed by atoms with Crippen LogP contribution in [0, 0.1) is 0 Å². The third-order valence-electron chi connectivity index (χ3n) is 3.28. The number of hydrogen-bond acceptors (Lipinski definition) is 3. The summed E-state index contributed by atoms with van der Waals surface area (Å²) < 4.78 is 0.